The number of carbonyl (C=O) groups is 3. The van der Waals surface area contributed by atoms with Gasteiger partial charge in [-0.1, -0.05) is 23.8 Å². The van der Waals surface area contributed by atoms with Crippen LogP contribution in [-0.2, 0) is 32.7 Å². The quantitative estimate of drug-likeness (QED) is 0.0646. The highest BCUT2D eigenvalue weighted by Crippen LogP contribution is 2.33. The lowest BCUT2D eigenvalue weighted by Crippen LogP contribution is -2.49. The highest BCUT2D eigenvalue weighted by atomic mass is 32.3. The van der Waals surface area contributed by atoms with Crippen LogP contribution in [0.1, 0.15) is 39.0 Å². The minimum Gasteiger partial charge on any atom is -0.480 e. The number of nitrogens with one attached hydrogen (secondary N) is 6. The minimum absolute atomic E-state index is 0.0705. The summed E-state index contributed by atoms with van der Waals surface area (Å²) in [6, 6.07) is 5.46. The van der Waals surface area contributed by atoms with Crippen molar-refractivity contribution in [2.45, 2.75) is 57.3 Å². The lowest BCUT2D eigenvalue weighted by Gasteiger charge is -2.24. The van der Waals surface area contributed by atoms with Gasteiger partial charge in [0.05, 0.1) is 27.0 Å². The Bertz CT molecular complexity index is 2110. The number of H-pyrrole nitrogens is 1. The minimum atomic E-state index is -4.33. The second-order valence-corrected chi connectivity index (χ2v) is 15.7. The van der Waals surface area contributed by atoms with E-state index in [0.29, 0.717) is 29.1 Å². The summed E-state index contributed by atoms with van der Waals surface area (Å²) in [4.78, 5) is 58.8. The molecule has 2 aromatic heterocycles. The highest BCUT2D eigenvalue weighted by molar-refractivity contribution is 8.19. The molecule has 18 nitrogen and oxygen atoms in total. The van der Waals surface area contributed by atoms with E-state index in [1.165, 1.54) is 13.2 Å². The summed E-state index contributed by atoms with van der Waals surface area (Å²) in [6.45, 7) is 4.92. The van der Waals surface area contributed by atoms with Gasteiger partial charge in [0.15, 0.2) is 5.95 Å². The Morgan fingerprint density at radius 1 is 1.00 bits per heavy atom. The number of amides is 2. The third-order valence-corrected chi connectivity index (χ3v) is 10.8. The summed E-state index contributed by atoms with van der Waals surface area (Å²) in [5, 5.41) is 20.8. The van der Waals surface area contributed by atoms with Gasteiger partial charge in [-0.25, -0.2) is 13.4 Å². The zero-order valence-electron chi connectivity index (χ0n) is 29.5. The van der Waals surface area contributed by atoms with Crippen LogP contribution >= 0.6 is 10.9 Å². The van der Waals surface area contributed by atoms with Crippen LogP contribution in [0.2, 0.25) is 0 Å². The van der Waals surface area contributed by atoms with Crippen LogP contribution in [0.3, 0.4) is 0 Å². The van der Waals surface area contributed by atoms with Crippen molar-refractivity contribution in [3.63, 3.8) is 0 Å². The first kappa shape index (κ1) is 40.9. The molecule has 2 amide bonds. The number of carbonyl (C=O) groups excluding carboxylic acids is 2. The van der Waals surface area contributed by atoms with Gasteiger partial charge in [0, 0.05) is 50.2 Å². The number of nitrogens with zero attached hydrogens (tertiary/aromatic N) is 2. The van der Waals surface area contributed by atoms with Gasteiger partial charge in [0.25, 0.3) is 5.91 Å². The molecule has 4 rings (SSSR count). The van der Waals surface area contributed by atoms with Gasteiger partial charge in [-0.15, -0.1) is 0 Å². The van der Waals surface area contributed by atoms with Crippen LogP contribution in [0.15, 0.2) is 58.6 Å². The van der Waals surface area contributed by atoms with E-state index in [1.54, 1.807) is 68.1 Å². The molecule has 0 saturated heterocycles. The molecule has 0 spiro atoms. The number of imidazole rings is 1. The van der Waals surface area contributed by atoms with Crippen molar-refractivity contribution in [3.05, 3.63) is 87.0 Å². The maximum atomic E-state index is 13.7. The van der Waals surface area contributed by atoms with Crippen LogP contribution in [0.5, 0.6) is 0 Å². The molecule has 2 heterocycles. The second kappa shape index (κ2) is 17.3. The standard InChI is InChI=1S/C33H44N8O10S2/c1-19-12-20(2)29(21(3)13-19)53(50,51)40-25(32(45)46)16-38-30(43)24-17-41(11-5-8-35-31(44)26(34-4)18-52(47,48)49)27-14-22(6-7-23(27)28(24)42)15-39-33-36-9-10-37-33/h6-7,9-10,12-14,17,25-26,34,40,47-49H,5,8,11,15-16,18H2,1-4H3,(H,35,44)(H,38,43)(H,45,46)(H2,36,37,39)/t25-,26-/m0/s1. The molecular formula is C33H44N8O10S2. The number of sulfonamides is 1. The van der Waals surface area contributed by atoms with Crippen molar-refractivity contribution in [1.82, 2.24) is 35.2 Å². The number of hydrogen-bond donors (Lipinski definition) is 10. The van der Waals surface area contributed by atoms with Crippen molar-refractivity contribution in [2.75, 3.05) is 31.2 Å². The first-order valence-corrected chi connectivity index (χ1v) is 19.5. The van der Waals surface area contributed by atoms with E-state index in [4.69, 9.17) is 0 Å². The van der Waals surface area contributed by atoms with Crippen molar-refractivity contribution in [2.24, 2.45) is 0 Å². The predicted octanol–water partition coefficient (Wildman–Crippen LogP) is 1.74. The summed E-state index contributed by atoms with van der Waals surface area (Å²) >= 11 is 0. The third kappa shape index (κ3) is 10.9. The van der Waals surface area contributed by atoms with E-state index in [0.717, 1.165) is 11.1 Å². The number of carboxylic acid groups (broad SMARTS) is 1. The van der Waals surface area contributed by atoms with Crippen LogP contribution < -0.4 is 31.4 Å². The monoisotopic (exact) mass is 776 g/mol. The average Bonchev–Trinajstić information content (AvgIpc) is 3.59. The molecule has 0 radical (unpaired) electrons. The summed E-state index contributed by atoms with van der Waals surface area (Å²) in [6.07, 6.45) is 4.83. The van der Waals surface area contributed by atoms with Crippen molar-refractivity contribution in [3.8, 4) is 0 Å². The maximum Gasteiger partial charge on any atom is 0.323 e. The van der Waals surface area contributed by atoms with Crippen molar-refractivity contribution < 1.29 is 41.6 Å². The van der Waals surface area contributed by atoms with Crippen molar-refractivity contribution >= 4 is 55.5 Å². The van der Waals surface area contributed by atoms with Crippen LogP contribution in [0, 0.1) is 20.8 Å². The van der Waals surface area contributed by atoms with Gasteiger partial charge in [-0.2, -0.15) is 4.72 Å². The topological polar surface area (TPSA) is 277 Å². The molecule has 0 aliphatic rings. The van der Waals surface area contributed by atoms with Crippen LogP contribution in [0.25, 0.3) is 10.9 Å². The SMILES string of the molecule is CN[C@@H](CS(O)(O)O)C(=O)NCCCn1cc(C(=O)NC[C@H](NS(=O)(=O)c2c(C)cc(C)cc2C)C(=O)O)c(=O)c2ccc(CNc3ncc[nH]3)cc21. The fourth-order valence-corrected chi connectivity index (χ4v) is 8.25. The third-order valence-electron chi connectivity index (χ3n) is 8.21. The predicted molar refractivity (Wildman–Crippen MR) is 200 cm³/mol. The maximum absolute atomic E-state index is 13.7. The number of pyridine rings is 1. The van der Waals surface area contributed by atoms with E-state index < -0.39 is 68.5 Å². The molecule has 10 N–H and O–H groups in total. The molecule has 2 aromatic carbocycles. The Labute approximate surface area is 307 Å². The van der Waals surface area contributed by atoms with Crippen LogP contribution in [0.4, 0.5) is 5.95 Å². The van der Waals surface area contributed by atoms with Gasteiger partial charge in [-0.3, -0.25) is 19.2 Å². The largest absolute Gasteiger partial charge is 0.480 e. The molecule has 288 valence electrons. The zero-order chi connectivity index (χ0) is 39.1. The van der Waals surface area contributed by atoms with E-state index in [-0.39, 0.29) is 35.4 Å². The molecule has 0 saturated carbocycles. The molecule has 2 atom stereocenters. The van der Waals surface area contributed by atoms with E-state index in [2.05, 4.69) is 36.0 Å². The van der Waals surface area contributed by atoms with E-state index in [1.807, 2.05) is 0 Å². The van der Waals surface area contributed by atoms with Gasteiger partial charge in [-0.05, 0) is 63.1 Å². The number of rotatable bonds is 18. The van der Waals surface area contributed by atoms with E-state index >= 15 is 0 Å². The Morgan fingerprint density at radius 2 is 1.70 bits per heavy atom. The summed E-state index contributed by atoms with van der Waals surface area (Å²) in [5.74, 6) is -3.15. The Morgan fingerprint density at radius 3 is 2.30 bits per heavy atom. The van der Waals surface area contributed by atoms with Crippen LogP contribution in [-0.4, -0.2) is 97.5 Å². The fraction of sp³-hybridized carbons (Fsp3) is 0.364. The summed E-state index contributed by atoms with van der Waals surface area (Å²) < 4.78 is 58.4. The number of fused-ring (bicyclic) bond motifs is 1. The first-order chi connectivity index (χ1) is 24.9. The first-order valence-electron chi connectivity index (χ1n) is 16.3. The molecule has 0 bridgehead atoms. The van der Waals surface area contributed by atoms with Gasteiger partial charge < -0.3 is 49.6 Å². The Balaban J connectivity index is 1.57. The summed E-state index contributed by atoms with van der Waals surface area (Å²) in [5.41, 5.74) is 1.92. The normalized spacial score (nSPS) is 13.3. The molecule has 20 heteroatoms. The lowest BCUT2D eigenvalue weighted by atomic mass is 10.1. The van der Waals surface area contributed by atoms with Gasteiger partial charge in [0.2, 0.25) is 21.4 Å². The molecule has 0 aliphatic carbocycles. The number of likely N-dealkylation sites (N-methyl/N-ethyl adjacent to an activating group) is 1. The summed E-state index contributed by atoms with van der Waals surface area (Å²) in [7, 11) is -6.84. The lowest BCUT2D eigenvalue weighted by molar-refractivity contribution is -0.138. The number of aromatic amines is 1. The Hall–Kier alpha value is -4.83. The molecule has 4 aromatic rings. The smallest absolute Gasteiger partial charge is 0.323 e. The number of aromatic nitrogens is 3. The fourth-order valence-electron chi connectivity index (χ4n) is 5.84. The Kier molecular flexibility index (Phi) is 13.4. The number of aryl methyl sites for hydroxylation is 4. The van der Waals surface area contributed by atoms with Gasteiger partial charge >= 0.3 is 5.97 Å². The number of aliphatic carboxylic acids is 1. The molecule has 0 aliphatic heterocycles. The molecule has 53 heavy (non-hydrogen) atoms. The van der Waals surface area contributed by atoms with E-state index in [9.17, 15) is 46.4 Å². The van der Waals surface area contributed by atoms with Crippen molar-refractivity contribution in [1.29, 1.82) is 0 Å². The molecular weight excluding hydrogens is 733 g/mol. The molecule has 0 fully saturated rings. The highest BCUT2D eigenvalue weighted by Gasteiger charge is 2.29. The molecule has 0 unspecified atom stereocenters. The number of hydrogen-bond acceptors (Lipinski definition) is 12. The van der Waals surface area contributed by atoms with Gasteiger partial charge in [0.1, 0.15) is 17.6 Å². The number of anilines is 1. The number of benzene rings is 2. The average molecular weight is 777 g/mol. The zero-order valence-corrected chi connectivity index (χ0v) is 31.1. The second-order valence-electron chi connectivity index (χ2n) is 12.4. The number of carboxylic acids is 1.